The van der Waals surface area contributed by atoms with E-state index in [1.807, 2.05) is 0 Å². The molecule has 1 aromatic carbocycles. The van der Waals surface area contributed by atoms with Crippen LogP contribution in [0.5, 0.6) is 0 Å². The number of aromatic nitrogens is 1. The number of unbranched alkanes of at least 4 members (excludes halogenated alkanes) is 1. The van der Waals surface area contributed by atoms with E-state index >= 15 is 0 Å². The molecular formula is C25H35N. The maximum absolute atomic E-state index is 4.73. The maximum Gasteiger partial charge on any atom is 0.0702 e. The van der Waals surface area contributed by atoms with Crippen molar-refractivity contribution in [2.45, 2.75) is 78.1 Å². The zero-order valence-corrected chi connectivity index (χ0v) is 16.7. The van der Waals surface area contributed by atoms with Crippen LogP contribution in [-0.4, -0.2) is 4.98 Å². The van der Waals surface area contributed by atoms with Crippen molar-refractivity contribution in [1.82, 2.24) is 4.98 Å². The van der Waals surface area contributed by atoms with E-state index < -0.39 is 0 Å². The minimum atomic E-state index is 0.938. The number of hydrogen-bond acceptors (Lipinski definition) is 1. The van der Waals surface area contributed by atoms with E-state index in [0.717, 1.165) is 17.5 Å². The van der Waals surface area contributed by atoms with Crippen molar-refractivity contribution in [3.63, 3.8) is 0 Å². The summed E-state index contributed by atoms with van der Waals surface area (Å²) in [6, 6.07) is 13.4. The van der Waals surface area contributed by atoms with Gasteiger partial charge in [-0.05, 0) is 54.7 Å². The first-order chi connectivity index (χ1) is 12.8. The van der Waals surface area contributed by atoms with Crippen molar-refractivity contribution >= 4 is 0 Å². The number of nitrogens with zero attached hydrogens (tertiary/aromatic N) is 1. The van der Waals surface area contributed by atoms with E-state index in [1.165, 1.54) is 80.9 Å². The fourth-order valence-corrected chi connectivity index (χ4v) is 4.27. The summed E-state index contributed by atoms with van der Waals surface area (Å²) in [5.41, 5.74) is 5.16. The van der Waals surface area contributed by atoms with Gasteiger partial charge in [-0.15, -0.1) is 0 Å². The molecule has 1 aliphatic carbocycles. The predicted molar refractivity (Wildman–Crippen MR) is 112 cm³/mol. The normalized spacial score (nSPS) is 20.2. The number of benzene rings is 1. The summed E-state index contributed by atoms with van der Waals surface area (Å²) in [4.78, 5) is 4.73. The molecule has 0 aliphatic heterocycles. The van der Waals surface area contributed by atoms with Gasteiger partial charge in [-0.3, -0.25) is 4.98 Å². The summed E-state index contributed by atoms with van der Waals surface area (Å²) in [5, 5.41) is 0. The van der Waals surface area contributed by atoms with Crippen LogP contribution in [0.3, 0.4) is 0 Å². The second-order valence-corrected chi connectivity index (χ2v) is 8.19. The predicted octanol–water partition coefficient (Wildman–Crippen LogP) is 7.24. The van der Waals surface area contributed by atoms with Gasteiger partial charge in [0.05, 0.1) is 5.69 Å². The highest BCUT2D eigenvalue weighted by Gasteiger charge is 2.19. The lowest BCUT2D eigenvalue weighted by Crippen LogP contribution is -2.14. The molecule has 0 unspecified atom stereocenters. The fourth-order valence-electron chi connectivity index (χ4n) is 4.27. The van der Waals surface area contributed by atoms with Crippen molar-refractivity contribution in [1.29, 1.82) is 0 Å². The van der Waals surface area contributed by atoms with Crippen LogP contribution < -0.4 is 0 Å². The number of rotatable bonds is 8. The monoisotopic (exact) mass is 349 g/mol. The summed E-state index contributed by atoms with van der Waals surface area (Å²) < 4.78 is 0. The third-order valence-corrected chi connectivity index (χ3v) is 6.28. The first-order valence-electron chi connectivity index (χ1n) is 10.8. The van der Waals surface area contributed by atoms with Gasteiger partial charge in [-0.1, -0.05) is 82.7 Å². The van der Waals surface area contributed by atoms with Gasteiger partial charge in [-0.2, -0.15) is 0 Å². The lowest BCUT2D eigenvalue weighted by molar-refractivity contribution is 0.259. The van der Waals surface area contributed by atoms with Gasteiger partial charge in [0.25, 0.3) is 0 Å². The second-order valence-electron chi connectivity index (χ2n) is 8.19. The molecule has 1 saturated carbocycles. The largest absolute Gasteiger partial charge is 0.256 e. The van der Waals surface area contributed by atoms with Gasteiger partial charge in [0.2, 0.25) is 0 Å². The summed E-state index contributed by atoms with van der Waals surface area (Å²) in [6.45, 7) is 4.59. The third-order valence-electron chi connectivity index (χ3n) is 6.28. The summed E-state index contributed by atoms with van der Waals surface area (Å²) in [6.07, 6.45) is 15.5. The second kappa shape index (κ2) is 9.90. The molecule has 1 heterocycles. The van der Waals surface area contributed by atoms with Crippen molar-refractivity contribution < 1.29 is 0 Å². The van der Waals surface area contributed by atoms with E-state index in [0.29, 0.717) is 0 Å². The fraction of sp³-hybridized carbons (Fsp3) is 0.560. The van der Waals surface area contributed by atoms with E-state index in [2.05, 4.69) is 56.4 Å². The van der Waals surface area contributed by atoms with Crippen LogP contribution in [0.15, 0.2) is 42.6 Å². The van der Waals surface area contributed by atoms with Crippen LogP contribution in [0.1, 0.15) is 76.3 Å². The molecular weight excluding hydrogens is 314 g/mol. The van der Waals surface area contributed by atoms with E-state index in [4.69, 9.17) is 4.98 Å². The zero-order valence-electron chi connectivity index (χ0n) is 16.7. The number of aryl methyl sites for hydroxylation is 2. The van der Waals surface area contributed by atoms with Crippen LogP contribution in [0.25, 0.3) is 11.3 Å². The smallest absolute Gasteiger partial charge is 0.0702 e. The molecule has 0 radical (unpaired) electrons. The lowest BCUT2D eigenvalue weighted by atomic mass is 9.79. The van der Waals surface area contributed by atoms with Crippen LogP contribution in [0.2, 0.25) is 0 Å². The number of pyridine rings is 1. The Balaban J connectivity index is 1.50. The van der Waals surface area contributed by atoms with Crippen molar-refractivity contribution in [3.8, 4) is 11.3 Å². The van der Waals surface area contributed by atoms with Gasteiger partial charge in [0, 0.05) is 11.8 Å². The van der Waals surface area contributed by atoms with Crippen molar-refractivity contribution in [2.24, 2.45) is 11.8 Å². The molecule has 3 rings (SSSR count). The highest BCUT2D eigenvalue weighted by molar-refractivity contribution is 5.59. The van der Waals surface area contributed by atoms with E-state index in [-0.39, 0.29) is 0 Å². The average molecular weight is 350 g/mol. The Hall–Kier alpha value is -1.63. The topological polar surface area (TPSA) is 12.9 Å². The summed E-state index contributed by atoms with van der Waals surface area (Å²) in [7, 11) is 0. The Morgan fingerprint density at radius 1 is 0.808 bits per heavy atom. The summed E-state index contributed by atoms with van der Waals surface area (Å²) >= 11 is 0. The molecule has 2 aromatic rings. The maximum atomic E-state index is 4.73. The van der Waals surface area contributed by atoms with Crippen molar-refractivity contribution in [3.05, 3.63) is 53.7 Å². The lowest BCUT2D eigenvalue weighted by Gasteiger charge is -2.27. The molecule has 1 aromatic heterocycles. The van der Waals surface area contributed by atoms with E-state index in [1.54, 1.807) is 0 Å². The van der Waals surface area contributed by atoms with Crippen LogP contribution in [-0.2, 0) is 12.8 Å². The molecule has 1 nitrogen and oxygen atoms in total. The van der Waals surface area contributed by atoms with Gasteiger partial charge < -0.3 is 0 Å². The molecule has 1 fully saturated rings. The zero-order chi connectivity index (χ0) is 18.2. The Labute approximate surface area is 160 Å². The average Bonchev–Trinajstić information content (AvgIpc) is 2.72. The van der Waals surface area contributed by atoms with Crippen LogP contribution in [0, 0.1) is 11.8 Å². The Kier molecular flexibility index (Phi) is 7.29. The Morgan fingerprint density at radius 2 is 1.50 bits per heavy atom. The molecule has 0 bridgehead atoms. The molecule has 0 atom stereocenters. The SMILES string of the molecule is CCCCc1ccc(-c2ccc(CCC3CCC(CC)CC3)cn2)cc1. The Bertz CT molecular complexity index is 633. The molecule has 0 saturated heterocycles. The van der Waals surface area contributed by atoms with Gasteiger partial charge in [-0.25, -0.2) is 0 Å². The van der Waals surface area contributed by atoms with E-state index in [9.17, 15) is 0 Å². The highest BCUT2D eigenvalue weighted by Crippen LogP contribution is 2.33. The number of hydrogen-bond donors (Lipinski definition) is 0. The van der Waals surface area contributed by atoms with Gasteiger partial charge in [0.15, 0.2) is 0 Å². The van der Waals surface area contributed by atoms with Crippen LogP contribution in [0.4, 0.5) is 0 Å². The molecule has 140 valence electrons. The van der Waals surface area contributed by atoms with Gasteiger partial charge in [0.1, 0.15) is 0 Å². The standard InChI is InChI=1S/C25H35N/c1-3-5-6-21-13-16-24(17-14-21)25-18-15-23(19-26-25)12-11-22-9-7-20(4-2)8-10-22/h13-20,22H,3-12H2,1-2H3. The third kappa shape index (κ3) is 5.43. The minimum absolute atomic E-state index is 0.938. The quantitative estimate of drug-likeness (QED) is 0.489. The molecule has 26 heavy (non-hydrogen) atoms. The Morgan fingerprint density at radius 3 is 2.12 bits per heavy atom. The molecule has 0 amide bonds. The van der Waals surface area contributed by atoms with Crippen molar-refractivity contribution in [2.75, 3.05) is 0 Å². The summed E-state index contributed by atoms with van der Waals surface area (Å²) in [5.74, 6) is 1.94. The first-order valence-corrected chi connectivity index (χ1v) is 10.8. The molecule has 0 N–H and O–H groups in total. The highest BCUT2D eigenvalue weighted by atomic mass is 14.7. The van der Waals surface area contributed by atoms with Crippen LogP contribution >= 0.6 is 0 Å². The first kappa shape index (κ1) is 19.1. The molecule has 1 aliphatic rings. The minimum Gasteiger partial charge on any atom is -0.256 e. The van der Waals surface area contributed by atoms with Gasteiger partial charge >= 0.3 is 0 Å². The molecule has 1 heteroatoms. The molecule has 0 spiro atoms.